The van der Waals surface area contributed by atoms with Gasteiger partial charge >= 0.3 is 0 Å². The Balaban J connectivity index is 2.30. The number of hydrogen-bond acceptors (Lipinski definition) is 2. The molecule has 1 atom stereocenters. The summed E-state index contributed by atoms with van der Waals surface area (Å²) in [6.07, 6.45) is -0.307. The quantitative estimate of drug-likeness (QED) is 0.769. The summed E-state index contributed by atoms with van der Waals surface area (Å²) in [5.74, 6) is -1.05. The number of halogens is 2. The van der Waals surface area contributed by atoms with Crippen LogP contribution >= 0.6 is 0 Å². The third-order valence-electron chi connectivity index (χ3n) is 2.55. The molecule has 0 bridgehead atoms. The number of morpholine rings is 1. The predicted molar refractivity (Wildman–Crippen MR) is 52.7 cm³/mol. The minimum atomic E-state index is -0.535. The third kappa shape index (κ3) is 2.16. The van der Waals surface area contributed by atoms with Gasteiger partial charge in [-0.3, -0.25) is 0 Å². The Bertz CT molecular complexity index is 362. The number of aryl methyl sites for hydroxylation is 1. The fraction of sp³-hybridized carbons (Fsp3) is 0.455. The van der Waals surface area contributed by atoms with E-state index in [1.807, 2.05) is 0 Å². The van der Waals surface area contributed by atoms with Gasteiger partial charge in [0.25, 0.3) is 0 Å². The standard InChI is InChI=1S/C11H13F2NO/c1-7-4-8(10(13)5-9(7)12)11-6-14-2-3-15-11/h4-5,11,14H,2-3,6H2,1H3. The van der Waals surface area contributed by atoms with Gasteiger partial charge in [0.15, 0.2) is 0 Å². The van der Waals surface area contributed by atoms with E-state index in [-0.39, 0.29) is 6.10 Å². The molecule has 0 radical (unpaired) electrons. The van der Waals surface area contributed by atoms with Crippen LogP contribution < -0.4 is 5.32 Å². The summed E-state index contributed by atoms with van der Waals surface area (Å²) in [6, 6.07) is 2.44. The summed E-state index contributed by atoms with van der Waals surface area (Å²) in [7, 11) is 0. The molecule has 2 nitrogen and oxygen atoms in total. The van der Waals surface area contributed by atoms with Gasteiger partial charge in [0, 0.05) is 24.7 Å². The number of nitrogens with one attached hydrogen (secondary N) is 1. The highest BCUT2D eigenvalue weighted by molar-refractivity contribution is 5.27. The summed E-state index contributed by atoms with van der Waals surface area (Å²) in [5.41, 5.74) is 0.877. The third-order valence-corrected chi connectivity index (χ3v) is 2.55. The molecular weight excluding hydrogens is 200 g/mol. The fourth-order valence-electron chi connectivity index (χ4n) is 1.69. The molecule has 1 heterocycles. The van der Waals surface area contributed by atoms with Crippen LogP contribution in [0.15, 0.2) is 12.1 Å². The molecule has 0 amide bonds. The Hall–Kier alpha value is -1.00. The van der Waals surface area contributed by atoms with Crippen molar-refractivity contribution in [3.63, 3.8) is 0 Å². The maximum atomic E-state index is 13.5. The minimum Gasteiger partial charge on any atom is -0.371 e. The molecule has 82 valence electrons. The van der Waals surface area contributed by atoms with Gasteiger partial charge in [0.1, 0.15) is 11.6 Å². The lowest BCUT2D eigenvalue weighted by molar-refractivity contribution is 0.0254. The van der Waals surface area contributed by atoms with Crippen LogP contribution in [0.1, 0.15) is 17.2 Å². The second kappa shape index (κ2) is 4.24. The van der Waals surface area contributed by atoms with Gasteiger partial charge in [-0.2, -0.15) is 0 Å². The zero-order valence-corrected chi connectivity index (χ0v) is 8.52. The van der Waals surface area contributed by atoms with Gasteiger partial charge < -0.3 is 10.1 Å². The molecule has 1 aliphatic rings. The summed E-state index contributed by atoms with van der Waals surface area (Å²) < 4.78 is 31.9. The first-order chi connectivity index (χ1) is 7.18. The van der Waals surface area contributed by atoms with E-state index in [0.29, 0.717) is 24.3 Å². The molecule has 0 aliphatic carbocycles. The number of hydrogen-bond donors (Lipinski definition) is 1. The molecular formula is C11H13F2NO. The lowest BCUT2D eigenvalue weighted by Crippen LogP contribution is -2.33. The van der Waals surface area contributed by atoms with Crippen LogP contribution in [0.25, 0.3) is 0 Å². The summed E-state index contributed by atoms with van der Waals surface area (Å²) in [5, 5.41) is 3.11. The van der Waals surface area contributed by atoms with E-state index in [0.717, 1.165) is 12.6 Å². The lowest BCUT2D eigenvalue weighted by atomic mass is 10.0. The summed E-state index contributed by atoms with van der Waals surface area (Å²) in [4.78, 5) is 0. The van der Waals surface area contributed by atoms with Gasteiger partial charge in [-0.25, -0.2) is 8.78 Å². The zero-order valence-electron chi connectivity index (χ0n) is 8.52. The molecule has 15 heavy (non-hydrogen) atoms. The molecule has 0 aromatic heterocycles. The molecule has 1 saturated heterocycles. The second-order valence-corrected chi connectivity index (χ2v) is 3.69. The zero-order chi connectivity index (χ0) is 10.8. The largest absolute Gasteiger partial charge is 0.371 e. The Kier molecular flexibility index (Phi) is 2.98. The minimum absolute atomic E-state index is 0.307. The van der Waals surface area contributed by atoms with Gasteiger partial charge in [-0.05, 0) is 18.6 Å². The molecule has 1 N–H and O–H groups in total. The van der Waals surface area contributed by atoms with E-state index in [4.69, 9.17) is 4.74 Å². The van der Waals surface area contributed by atoms with Crippen molar-refractivity contribution < 1.29 is 13.5 Å². The fourth-order valence-corrected chi connectivity index (χ4v) is 1.69. The van der Waals surface area contributed by atoms with Crippen LogP contribution in [0, 0.1) is 18.6 Å². The van der Waals surface area contributed by atoms with Gasteiger partial charge in [-0.15, -0.1) is 0 Å². The smallest absolute Gasteiger partial charge is 0.131 e. The molecule has 1 unspecified atom stereocenters. The maximum Gasteiger partial charge on any atom is 0.131 e. The second-order valence-electron chi connectivity index (χ2n) is 3.69. The van der Waals surface area contributed by atoms with Crippen LogP contribution in [0.3, 0.4) is 0 Å². The predicted octanol–water partition coefficient (Wildman–Crippen LogP) is 1.93. The van der Waals surface area contributed by atoms with Crippen LogP contribution in [0.2, 0.25) is 0 Å². The Morgan fingerprint density at radius 3 is 2.80 bits per heavy atom. The molecule has 1 fully saturated rings. The highest BCUT2D eigenvalue weighted by atomic mass is 19.1. The van der Waals surface area contributed by atoms with Crippen LogP contribution in [0.5, 0.6) is 0 Å². The number of ether oxygens (including phenoxy) is 1. The number of rotatable bonds is 1. The van der Waals surface area contributed by atoms with Crippen LogP contribution in [0.4, 0.5) is 8.78 Å². The Morgan fingerprint density at radius 1 is 1.33 bits per heavy atom. The monoisotopic (exact) mass is 213 g/mol. The lowest BCUT2D eigenvalue weighted by Gasteiger charge is -2.24. The molecule has 1 aliphatic heterocycles. The van der Waals surface area contributed by atoms with Crippen LogP contribution in [-0.2, 0) is 4.74 Å². The molecule has 4 heteroatoms. The highest BCUT2D eigenvalue weighted by Crippen LogP contribution is 2.24. The van der Waals surface area contributed by atoms with Crippen molar-refractivity contribution >= 4 is 0 Å². The van der Waals surface area contributed by atoms with Crippen molar-refractivity contribution in [3.05, 3.63) is 34.9 Å². The van der Waals surface area contributed by atoms with Gasteiger partial charge in [0.05, 0.1) is 12.7 Å². The van der Waals surface area contributed by atoms with E-state index in [1.54, 1.807) is 6.92 Å². The van der Waals surface area contributed by atoms with Crippen LogP contribution in [-0.4, -0.2) is 19.7 Å². The maximum absolute atomic E-state index is 13.5. The van der Waals surface area contributed by atoms with E-state index in [1.165, 1.54) is 6.07 Å². The molecule has 0 saturated carbocycles. The highest BCUT2D eigenvalue weighted by Gasteiger charge is 2.20. The first-order valence-electron chi connectivity index (χ1n) is 4.96. The van der Waals surface area contributed by atoms with E-state index in [2.05, 4.69) is 5.32 Å². The first-order valence-corrected chi connectivity index (χ1v) is 4.96. The molecule has 1 aromatic rings. The SMILES string of the molecule is Cc1cc(C2CNCCO2)c(F)cc1F. The summed E-state index contributed by atoms with van der Waals surface area (Å²) >= 11 is 0. The van der Waals surface area contributed by atoms with E-state index < -0.39 is 11.6 Å². The Morgan fingerprint density at radius 2 is 2.13 bits per heavy atom. The number of benzene rings is 1. The summed E-state index contributed by atoms with van der Waals surface area (Å²) in [6.45, 7) is 3.52. The first kappa shape index (κ1) is 10.5. The normalized spacial score (nSPS) is 21.7. The van der Waals surface area contributed by atoms with Crippen molar-refractivity contribution in [1.82, 2.24) is 5.32 Å². The van der Waals surface area contributed by atoms with Crippen molar-refractivity contribution in [2.45, 2.75) is 13.0 Å². The van der Waals surface area contributed by atoms with Crippen molar-refractivity contribution in [3.8, 4) is 0 Å². The Labute approximate surface area is 87.2 Å². The van der Waals surface area contributed by atoms with Crippen molar-refractivity contribution in [2.75, 3.05) is 19.7 Å². The van der Waals surface area contributed by atoms with E-state index >= 15 is 0 Å². The molecule has 2 rings (SSSR count). The van der Waals surface area contributed by atoms with E-state index in [9.17, 15) is 8.78 Å². The topological polar surface area (TPSA) is 21.3 Å². The average molecular weight is 213 g/mol. The average Bonchev–Trinajstić information content (AvgIpc) is 2.25. The van der Waals surface area contributed by atoms with Gasteiger partial charge in [-0.1, -0.05) is 0 Å². The van der Waals surface area contributed by atoms with Crippen molar-refractivity contribution in [1.29, 1.82) is 0 Å². The molecule has 1 aromatic carbocycles. The van der Waals surface area contributed by atoms with Crippen molar-refractivity contribution in [2.24, 2.45) is 0 Å². The molecule has 0 spiro atoms. The van der Waals surface area contributed by atoms with Gasteiger partial charge in [0.2, 0.25) is 0 Å².